The summed E-state index contributed by atoms with van der Waals surface area (Å²) in [6.45, 7) is 15.0. The summed E-state index contributed by atoms with van der Waals surface area (Å²) in [5, 5.41) is 0. The van der Waals surface area contributed by atoms with Crippen molar-refractivity contribution >= 4 is 22.4 Å². The van der Waals surface area contributed by atoms with Gasteiger partial charge >= 0.3 is 0 Å². The molecule has 33 heavy (non-hydrogen) atoms. The van der Waals surface area contributed by atoms with Crippen LogP contribution in [-0.4, -0.2) is 28.9 Å². The topological polar surface area (TPSA) is 12.4 Å². The fourth-order valence-corrected chi connectivity index (χ4v) is 16.2. The Morgan fingerprint density at radius 3 is 1.48 bits per heavy atom. The fraction of sp³-hybridized carbons (Fsp3) is 0.833. The van der Waals surface area contributed by atoms with Gasteiger partial charge in [-0.1, -0.05) is 140 Å². The largest absolute Gasteiger partial charge is 0.298 e. The SMILES string of the molecule is C/C=C/C[Si](CCC)(CCC)CCC=NCCCCCCC[Si](C/C=C/C)(CCC)CCC. The van der Waals surface area contributed by atoms with Crippen molar-refractivity contribution < 1.29 is 0 Å². The standard InChI is InChI=1S/C30H61NSi2/c1-7-13-27-32(23-9-3,24-10-4)29-19-17-15-16-18-21-31-22-20-30-33(25-11-5,26-12-6)28-14-8-2/h7-8,13-14,22H,9-12,15-21,23-30H2,1-6H3/b13-7+,14-8+,31-22?. The smallest absolute Gasteiger partial charge is 0.0576 e. The van der Waals surface area contributed by atoms with E-state index in [4.69, 9.17) is 4.99 Å². The van der Waals surface area contributed by atoms with Gasteiger partial charge < -0.3 is 0 Å². The molecule has 1 nitrogen and oxygen atoms in total. The highest BCUT2D eigenvalue weighted by atomic mass is 28.3. The summed E-state index contributed by atoms with van der Waals surface area (Å²) in [7, 11) is -2.18. The normalized spacial score (nSPS) is 13.3. The number of nitrogens with zero attached hydrogens (tertiary/aromatic N) is 1. The van der Waals surface area contributed by atoms with Crippen molar-refractivity contribution in [3.8, 4) is 0 Å². The lowest BCUT2D eigenvalue weighted by molar-refractivity contribution is 0.634. The quantitative estimate of drug-likeness (QED) is 0.0583. The summed E-state index contributed by atoms with van der Waals surface area (Å²) in [5.74, 6) is 0. The first-order chi connectivity index (χ1) is 16.1. The lowest BCUT2D eigenvalue weighted by Crippen LogP contribution is -2.32. The average molecular weight is 492 g/mol. The van der Waals surface area contributed by atoms with Gasteiger partial charge in [0, 0.05) is 6.54 Å². The maximum absolute atomic E-state index is 4.79. The molecule has 0 atom stereocenters. The summed E-state index contributed by atoms with van der Waals surface area (Å²) < 4.78 is 0. The second-order valence-corrected chi connectivity index (χ2v) is 20.5. The summed E-state index contributed by atoms with van der Waals surface area (Å²) in [5.41, 5.74) is 0. The second kappa shape index (κ2) is 22.1. The molecule has 0 N–H and O–H groups in total. The monoisotopic (exact) mass is 491 g/mol. The molecular formula is C30H61NSi2. The van der Waals surface area contributed by atoms with Gasteiger partial charge in [-0.2, -0.15) is 0 Å². The Bertz CT molecular complexity index is 497. The van der Waals surface area contributed by atoms with Crippen LogP contribution in [0.1, 0.15) is 106 Å². The molecule has 194 valence electrons. The van der Waals surface area contributed by atoms with E-state index in [1.54, 1.807) is 6.04 Å². The van der Waals surface area contributed by atoms with E-state index in [2.05, 4.69) is 72.1 Å². The van der Waals surface area contributed by atoms with Crippen LogP contribution in [0.4, 0.5) is 0 Å². The molecule has 0 aromatic heterocycles. The fourth-order valence-electron chi connectivity index (χ4n) is 6.01. The van der Waals surface area contributed by atoms with Crippen LogP contribution < -0.4 is 0 Å². The van der Waals surface area contributed by atoms with Crippen LogP contribution in [0.5, 0.6) is 0 Å². The minimum atomic E-state index is -1.12. The van der Waals surface area contributed by atoms with Crippen molar-refractivity contribution in [1.82, 2.24) is 0 Å². The van der Waals surface area contributed by atoms with E-state index >= 15 is 0 Å². The molecule has 0 radical (unpaired) electrons. The number of hydrogen-bond donors (Lipinski definition) is 0. The van der Waals surface area contributed by atoms with Crippen LogP contribution in [0.15, 0.2) is 29.3 Å². The Balaban J connectivity index is 4.18. The highest BCUT2D eigenvalue weighted by Crippen LogP contribution is 2.32. The van der Waals surface area contributed by atoms with Crippen LogP contribution in [0, 0.1) is 0 Å². The Hall–Kier alpha value is -0.416. The maximum atomic E-state index is 4.79. The van der Waals surface area contributed by atoms with Crippen LogP contribution in [0.3, 0.4) is 0 Å². The third kappa shape index (κ3) is 16.0. The van der Waals surface area contributed by atoms with E-state index in [0.29, 0.717) is 0 Å². The summed E-state index contributed by atoms with van der Waals surface area (Å²) in [6, 6.07) is 11.9. The number of hydrogen-bond acceptors (Lipinski definition) is 1. The second-order valence-electron chi connectivity index (χ2n) is 10.7. The molecule has 0 aliphatic carbocycles. The first-order valence-electron chi connectivity index (χ1n) is 14.8. The van der Waals surface area contributed by atoms with E-state index in [1.165, 1.54) is 107 Å². The zero-order chi connectivity index (χ0) is 24.7. The Morgan fingerprint density at radius 2 is 1.00 bits per heavy atom. The van der Waals surface area contributed by atoms with E-state index < -0.39 is 16.1 Å². The molecule has 0 unspecified atom stereocenters. The van der Waals surface area contributed by atoms with Crippen LogP contribution in [0.2, 0.25) is 48.4 Å². The Morgan fingerprint density at radius 1 is 0.545 bits per heavy atom. The van der Waals surface area contributed by atoms with Gasteiger partial charge in [0.1, 0.15) is 0 Å². The minimum Gasteiger partial charge on any atom is -0.298 e. The third-order valence-electron chi connectivity index (χ3n) is 7.62. The maximum Gasteiger partial charge on any atom is 0.0576 e. The van der Waals surface area contributed by atoms with E-state index in [1.807, 2.05) is 0 Å². The van der Waals surface area contributed by atoms with Crippen molar-refractivity contribution in [2.75, 3.05) is 6.54 Å². The highest BCUT2D eigenvalue weighted by molar-refractivity contribution is 6.80. The summed E-state index contributed by atoms with van der Waals surface area (Å²) in [6.07, 6.45) is 25.4. The lowest BCUT2D eigenvalue weighted by Gasteiger charge is -2.30. The lowest BCUT2D eigenvalue weighted by atomic mass is 10.1. The molecule has 0 aromatic carbocycles. The molecule has 0 saturated carbocycles. The Kier molecular flexibility index (Phi) is 21.8. The molecule has 3 heteroatoms. The molecule has 0 bridgehead atoms. The summed E-state index contributed by atoms with van der Waals surface area (Å²) >= 11 is 0. The number of rotatable bonds is 23. The Labute approximate surface area is 212 Å². The van der Waals surface area contributed by atoms with E-state index in [9.17, 15) is 0 Å². The first kappa shape index (κ1) is 32.6. The van der Waals surface area contributed by atoms with Crippen molar-refractivity contribution in [3.63, 3.8) is 0 Å². The molecule has 0 heterocycles. The molecule has 0 aliphatic heterocycles. The molecule has 0 spiro atoms. The number of unbranched alkanes of at least 4 members (excludes halogenated alkanes) is 4. The van der Waals surface area contributed by atoms with Gasteiger partial charge in [0.25, 0.3) is 0 Å². The number of aliphatic imine (C=N–C) groups is 1. The molecule has 0 fully saturated rings. The van der Waals surface area contributed by atoms with Crippen LogP contribution in [0.25, 0.3) is 0 Å². The zero-order valence-electron chi connectivity index (χ0n) is 23.8. The summed E-state index contributed by atoms with van der Waals surface area (Å²) in [4.78, 5) is 4.79. The van der Waals surface area contributed by atoms with Crippen molar-refractivity contribution in [1.29, 1.82) is 0 Å². The van der Waals surface area contributed by atoms with Crippen LogP contribution in [-0.2, 0) is 0 Å². The molecule has 0 amide bonds. The minimum absolute atomic E-state index is 1.05. The predicted octanol–water partition coefficient (Wildman–Crippen LogP) is 11.1. The van der Waals surface area contributed by atoms with Crippen molar-refractivity contribution in [2.24, 2.45) is 4.99 Å². The van der Waals surface area contributed by atoms with Gasteiger partial charge in [0.2, 0.25) is 0 Å². The van der Waals surface area contributed by atoms with Gasteiger partial charge in [-0.15, -0.1) is 0 Å². The van der Waals surface area contributed by atoms with Crippen molar-refractivity contribution in [3.05, 3.63) is 24.3 Å². The molecule has 0 aromatic rings. The van der Waals surface area contributed by atoms with Gasteiger partial charge in [-0.05, 0) is 45.0 Å². The molecular weight excluding hydrogens is 431 g/mol. The average Bonchev–Trinajstić information content (AvgIpc) is 2.80. The highest BCUT2D eigenvalue weighted by Gasteiger charge is 2.29. The van der Waals surface area contributed by atoms with E-state index in [0.717, 1.165) is 6.54 Å². The zero-order valence-corrected chi connectivity index (χ0v) is 25.8. The molecule has 0 aliphatic rings. The van der Waals surface area contributed by atoms with Gasteiger partial charge in [-0.3, -0.25) is 4.99 Å². The first-order valence-corrected chi connectivity index (χ1v) is 20.4. The van der Waals surface area contributed by atoms with Gasteiger partial charge in [-0.25, -0.2) is 0 Å². The van der Waals surface area contributed by atoms with Gasteiger partial charge in [0.05, 0.1) is 16.1 Å². The van der Waals surface area contributed by atoms with Gasteiger partial charge in [0.15, 0.2) is 0 Å². The van der Waals surface area contributed by atoms with Crippen molar-refractivity contribution in [2.45, 2.75) is 154 Å². The number of allylic oxidation sites excluding steroid dienone is 4. The molecule has 0 rings (SSSR count). The molecule has 0 saturated heterocycles. The van der Waals surface area contributed by atoms with E-state index in [-0.39, 0.29) is 0 Å². The van der Waals surface area contributed by atoms with Crippen LogP contribution >= 0.6 is 0 Å². The predicted molar refractivity (Wildman–Crippen MR) is 162 cm³/mol. The third-order valence-corrected chi connectivity index (χ3v) is 18.8.